The number of anilines is 2. The van der Waals surface area contributed by atoms with Crippen LogP contribution >= 0.6 is 11.6 Å². The molecular weight excluding hydrogens is 448 g/mol. The standard InChI is InChI=1S/C23H31ClN4O3S/c1-2-4-23(29)26-20-7-11-22(12-8-20)32(30,31)25-13-3-14-27-15-17-28(18-16-27)21-9-5-19(24)6-10-21/h5-12,25H,2-4,13-18H2,1H3,(H,26,29). The Kier molecular flexibility index (Phi) is 8.92. The first kappa shape index (κ1) is 24.5. The maximum Gasteiger partial charge on any atom is 0.240 e. The lowest BCUT2D eigenvalue weighted by molar-refractivity contribution is -0.116. The third-order valence-corrected chi connectivity index (χ3v) is 7.16. The van der Waals surface area contributed by atoms with Gasteiger partial charge in [0.25, 0.3) is 0 Å². The van der Waals surface area contributed by atoms with E-state index in [1.807, 2.05) is 31.2 Å². The van der Waals surface area contributed by atoms with Gasteiger partial charge in [0.15, 0.2) is 0 Å². The summed E-state index contributed by atoms with van der Waals surface area (Å²) < 4.78 is 27.7. The van der Waals surface area contributed by atoms with E-state index < -0.39 is 10.0 Å². The third kappa shape index (κ3) is 7.20. The molecule has 0 atom stereocenters. The highest BCUT2D eigenvalue weighted by atomic mass is 35.5. The molecule has 1 fully saturated rings. The first-order valence-electron chi connectivity index (χ1n) is 11.0. The number of carbonyl (C=O) groups is 1. The minimum Gasteiger partial charge on any atom is -0.369 e. The Morgan fingerprint density at radius 2 is 1.66 bits per heavy atom. The van der Waals surface area contributed by atoms with Crippen LogP contribution in [0.4, 0.5) is 11.4 Å². The number of amides is 1. The highest BCUT2D eigenvalue weighted by molar-refractivity contribution is 7.89. The van der Waals surface area contributed by atoms with Gasteiger partial charge in [0.05, 0.1) is 4.90 Å². The van der Waals surface area contributed by atoms with Gasteiger partial charge < -0.3 is 10.2 Å². The van der Waals surface area contributed by atoms with Gasteiger partial charge in [-0.2, -0.15) is 0 Å². The molecule has 32 heavy (non-hydrogen) atoms. The molecule has 7 nitrogen and oxygen atoms in total. The molecule has 2 N–H and O–H groups in total. The molecule has 1 aliphatic heterocycles. The normalized spacial score (nSPS) is 15.0. The molecule has 0 spiro atoms. The Bertz CT molecular complexity index is 973. The summed E-state index contributed by atoms with van der Waals surface area (Å²) in [6.07, 6.45) is 1.95. The third-order valence-electron chi connectivity index (χ3n) is 5.43. The summed E-state index contributed by atoms with van der Waals surface area (Å²) in [6, 6.07) is 14.2. The molecule has 0 radical (unpaired) electrons. The largest absolute Gasteiger partial charge is 0.369 e. The summed E-state index contributed by atoms with van der Waals surface area (Å²) in [5.74, 6) is -0.0739. The number of hydrogen-bond donors (Lipinski definition) is 2. The van der Waals surface area contributed by atoms with E-state index in [1.165, 1.54) is 17.8 Å². The number of hydrogen-bond acceptors (Lipinski definition) is 5. The molecule has 0 bridgehead atoms. The van der Waals surface area contributed by atoms with E-state index in [0.29, 0.717) is 18.7 Å². The second-order valence-corrected chi connectivity index (χ2v) is 10.1. The van der Waals surface area contributed by atoms with Gasteiger partial charge in [-0.25, -0.2) is 13.1 Å². The number of carbonyl (C=O) groups excluding carboxylic acids is 1. The SMILES string of the molecule is CCCC(=O)Nc1ccc(S(=O)(=O)NCCCN2CCN(c3ccc(Cl)cc3)CC2)cc1. The van der Waals surface area contributed by atoms with Crippen LogP contribution in [0.1, 0.15) is 26.2 Å². The fraction of sp³-hybridized carbons (Fsp3) is 0.435. The molecule has 2 aromatic carbocycles. The quantitative estimate of drug-likeness (QED) is 0.510. The molecule has 0 aliphatic carbocycles. The lowest BCUT2D eigenvalue weighted by atomic mass is 10.2. The zero-order valence-electron chi connectivity index (χ0n) is 18.4. The number of benzene rings is 2. The second-order valence-electron chi connectivity index (χ2n) is 7.88. The van der Waals surface area contributed by atoms with Crippen LogP contribution in [0.25, 0.3) is 0 Å². The summed E-state index contributed by atoms with van der Waals surface area (Å²) in [4.78, 5) is 16.5. The van der Waals surface area contributed by atoms with E-state index in [4.69, 9.17) is 11.6 Å². The summed E-state index contributed by atoms with van der Waals surface area (Å²) in [5, 5.41) is 3.50. The van der Waals surface area contributed by atoms with Crippen LogP contribution in [0, 0.1) is 0 Å². The van der Waals surface area contributed by atoms with Crippen molar-refractivity contribution in [3.05, 3.63) is 53.6 Å². The monoisotopic (exact) mass is 478 g/mol. The van der Waals surface area contributed by atoms with Crippen LogP contribution in [-0.2, 0) is 14.8 Å². The molecule has 0 unspecified atom stereocenters. The van der Waals surface area contributed by atoms with E-state index in [1.54, 1.807) is 12.1 Å². The van der Waals surface area contributed by atoms with E-state index >= 15 is 0 Å². The molecule has 1 heterocycles. The van der Waals surface area contributed by atoms with Gasteiger partial charge in [-0.3, -0.25) is 9.69 Å². The van der Waals surface area contributed by atoms with Crippen molar-refractivity contribution in [3.8, 4) is 0 Å². The Balaban J connectivity index is 1.38. The van der Waals surface area contributed by atoms with E-state index in [0.717, 1.165) is 50.6 Å². The average Bonchev–Trinajstić information content (AvgIpc) is 2.78. The van der Waals surface area contributed by atoms with Gasteiger partial charge in [-0.05, 0) is 67.9 Å². The Morgan fingerprint density at radius 3 is 2.28 bits per heavy atom. The first-order chi connectivity index (χ1) is 15.4. The molecular formula is C23H31ClN4O3S. The van der Waals surface area contributed by atoms with Crippen molar-refractivity contribution >= 4 is 38.9 Å². The van der Waals surface area contributed by atoms with Gasteiger partial charge in [-0.15, -0.1) is 0 Å². The van der Waals surface area contributed by atoms with Crippen molar-refractivity contribution in [1.29, 1.82) is 0 Å². The van der Waals surface area contributed by atoms with Crippen LogP contribution in [0.2, 0.25) is 5.02 Å². The maximum absolute atomic E-state index is 12.5. The first-order valence-corrected chi connectivity index (χ1v) is 12.9. The van der Waals surface area contributed by atoms with Crippen molar-refractivity contribution in [2.24, 2.45) is 0 Å². The van der Waals surface area contributed by atoms with Crippen LogP contribution in [0.5, 0.6) is 0 Å². The summed E-state index contributed by atoms with van der Waals surface area (Å²) in [6.45, 7) is 6.93. The van der Waals surface area contributed by atoms with Crippen molar-refractivity contribution in [3.63, 3.8) is 0 Å². The molecule has 1 saturated heterocycles. The number of rotatable bonds is 10. The molecule has 3 rings (SSSR count). The Hall–Kier alpha value is -2.13. The minimum absolute atomic E-state index is 0.0739. The van der Waals surface area contributed by atoms with E-state index in [2.05, 4.69) is 19.8 Å². The highest BCUT2D eigenvalue weighted by Crippen LogP contribution is 2.19. The maximum atomic E-state index is 12.5. The van der Waals surface area contributed by atoms with E-state index in [9.17, 15) is 13.2 Å². The highest BCUT2D eigenvalue weighted by Gasteiger charge is 2.18. The molecule has 174 valence electrons. The van der Waals surface area contributed by atoms with Gasteiger partial charge in [0.1, 0.15) is 0 Å². The van der Waals surface area contributed by atoms with Crippen molar-refractivity contribution in [1.82, 2.24) is 9.62 Å². The van der Waals surface area contributed by atoms with Gasteiger partial charge in [-0.1, -0.05) is 18.5 Å². The number of halogens is 1. The van der Waals surface area contributed by atoms with Crippen LogP contribution in [0.3, 0.4) is 0 Å². The Morgan fingerprint density at radius 1 is 1.00 bits per heavy atom. The molecule has 1 aliphatic rings. The number of piperazine rings is 1. The fourth-order valence-electron chi connectivity index (χ4n) is 3.64. The summed E-state index contributed by atoms with van der Waals surface area (Å²) in [5.41, 5.74) is 1.78. The van der Waals surface area contributed by atoms with Gasteiger partial charge in [0.2, 0.25) is 15.9 Å². The lowest BCUT2D eigenvalue weighted by Crippen LogP contribution is -2.47. The second kappa shape index (κ2) is 11.7. The zero-order valence-corrected chi connectivity index (χ0v) is 20.0. The molecule has 2 aromatic rings. The predicted octanol–water partition coefficient (Wildman–Crippen LogP) is 3.57. The van der Waals surface area contributed by atoms with Crippen molar-refractivity contribution in [2.75, 3.05) is 49.5 Å². The number of sulfonamides is 1. The smallest absolute Gasteiger partial charge is 0.240 e. The summed E-state index contributed by atoms with van der Waals surface area (Å²) in [7, 11) is -3.57. The van der Waals surface area contributed by atoms with Crippen LogP contribution in [-0.4, -0.2) is 58.5 Å². The summed E-state index contributed by atoms with van der Waals surface area (Å²) >= 11 is 5.96. The predicted molar refractivity (Wildman–Crippen MR) is 130 cm³/mol. The zero-order chi connectivity index (χ0) is 23.0. The van der Waals surface area contributed by atoms with Crippen molar-refractivity contribution < 1.29 is 13.2 Å². The average molecular weight is 479 g/mol. The fourth-order valence-corrected chi connectivity index (χ4v) is 4.84. The molecule has 0 aromatic heterocycles. The minimum atomic E-state index is -3.57. The lowest BCUT2D eigenvalue weighted by Gasteiger charge is -2.36. The van der Waals surface area contributed by atoms with Gasteiger partial charge in [0, 0.05) is 55.5 Å². The van der Waals surface area contributed by atoms with Gasteiger partial charge >= 0.3 is 0 Å². The topological polar surface area (TPSA) is 81.7 Å². The molecule has 1 amide bonds. The number of nitrogens with zero attached hydrogens (tertiary/aromatic N) is 2. The van der Waals surface area contributed by atoms with Crippen LogP contribution in [0.15, 0.2) is 53.4 Å². The van der Waals surface area contributed by atoms with Crippen molar-refractivity contribution in [2.45, 2.75) is 31.1 Å². The molecule has 0 saturated carbocycles. The number of nitrogens with one attached hydrogen (secondary N) is 2. The van der Waals surface area contributed by atoms with E-state index in [-0.39, 0.29) is 10.8 Å². The molecule has 9 heteroatoms. The van der Waals surface area contributed by atoms with Crippen LogP contribution < -0.4 is 14.9 Å². The Labute approximate surface area is 195 Å².